The zero-order chi connectivity index (χ0) is 22.6. The molecule has 0 aliphatic rings. The molecule has 162 valence electrons. The number of hydrogen-bond donors (Lipinski definition) is 0. The molecule has 5 heteroatoms. The van der Waals surface area contributed by atoms with Crippen LogP contribution >= 0.6 is 6.60 Å². The maximum atomic E-state index is 11.7. The topological polar surface area (TPSA) is 52.4 Å². The average Bonchev–Trinajstić information content (AvgIpc) is 2.85. The Morgan fingerprint density at radius 1 is 0.750 bits per heavy atom. The van der Waals surface area contributed by atoms with Gasteiger partial charge in [-0.2, -0.15) is 0 Å². The number of rotatable bonds is 7. The zero-order valence-corrected chi connectivity index (χ0v) is 19.1. The monoisotopic (exact) mass is 443 g/mol. The average molecular weight is 443 g/mol. The Morgan fingerprint density at radius 2 is 1.19 bits per heavy atom. The number of nitro benzene ring substituents is 1. The van der Waals surface area contributed by atoms with Gasteiger partial charge in [-0.25, -0.2) is 0 Å². The third-order valence-electron chi connectivity index (χ3n) is 6.38. The SMILES string of the molecule is COc1ccc(CP(C)(c2ccccc2)(c2ccccc2)c2ccccc2)cc1[N+](=O)[O-]. The van der Waals surface area contributed by atoms with Crippen LogP contribution in [0.4, 0.5) is 5.69 Å². The molecule has 4 nitrogen and oxygen atoms in total. The second-order valence-corrected chi connectivity index (χ2v) is 13.7. The van der Waals surface area contributed by atoms with Crippen molar-refractivity contribution in [2.24, 2.45) is 0 Å². The van der Waals surface area contributed by atoms with E-state index in [1.165, 1.54) is 23.0 Å². The summed E-state index contributed by atoms with van der Waals surface area (Å²) < 4.78 is 5.24. The van der Waals surface area contributed by atoms with Gasteiger partial charge in [0.15, 0.2) is 0 Å². The Balaban J connectivity index is 2.05. The minimum atomic E-state index is -3.03. The predicted molar refractivity (Wildman–Crippen MR) is 134 cm³/mol. The van der Waals surface area contributed by atoms with Gasteiger partial charge in [0.2, 0.25) is 0 Å². The van der Waals surface area contributed by atoms with Gasteiger partial charge in [0.25, 0.3) is 0 Å². The van der Waals surface area contributed by atoms with Gasteiger partial charge in [0.05, 0.1) is 0 Å². The first kappa shape index (κ1) is 21.7. The molecule has 0 amide bonds. The molecule has 0 N–H and O–H groups in total. The molecule has 0 atom stereocenters. The molecule has 0 radical (unpaired) electrons. The van der Waals surface area contributed by atoms with Crippen molar-refractivity contribution >= 4 is 28.2 Å². The second kappa shape index (κ2) is 8.57. The molecule has 32 heavy (non-hydrogen) atoms. The fourth-order valence-electron chi connectivity index (χ4n) is 4.65. The summed E-state index contributed by atoms with van der Waals surface area (Å²) in [4.78, 5) is 11.3. The van der Waals surface area contributed by atoms with Crippen LogP contribution in [0.25, 0.3) is 0 Å². The molecule has 4 aromatic carbocycles. The summed E-state index contributed by atoms with van der Waals surface area (Å²) in [5.41, 5.74) is 0.901. The van der Waals surface area contributed by atoms with Gasteiger partial charge in [0.1, 0.15) is 0 Å². The number of ether oxygens (including phenoxy) is 1. The van der Waals surface area contributed by atoms with Crippen LogP contribution in [0.1, 0.15) is 5.56 Å². The summed E-state index contributed by atoms with van der Waals surface area (Å²) in [6.45, 7) is -0.670. The maximum absolute atomic E-state index is 11.7. The van der Waals surface area contributed by atoms with Crippen LogP contribution in [0.3, 0.4) is 0 Å². The van der Waals surface area contributed by atoms with E-state index in [9.17, 15) is 10.1 Å². The van der Waals surface area contributed by atoms with E-state index in [1.54, 1.807) is 12.1 Å². The molecule has 0 fully saturated rings. The molecule has 0 aromatic heterocycles. The summed E-state index contributed by atoms with van der Waals surface area (Å²) in [7, 11) is 1.46. The van der Waals surface area contributed by atoms with E-state index >= 15 is 0 Å². The molecule has 0 bridgehead atoms. The Kier molecular flexibility index (Phi) is 5.82. The van der Waals surface area contributed by atoms with Crippen molar-refractivity contribution in [1.82, 2.24) is 0 Å². The third-order valence-corrected chi connectivity index (χ3v) is 12.6. The van der Waals surface area contributed by atoms with Crippen molar-refractivity contribution in [3.63, 3.8) is 0 Å². The van der Waals surface area contributed by atoms with Crippen molar-refractivity contribution in [3.05, 3.63) is 125 Å². The van der Waals surface area contributed by atoms with Crippen LogP contribution < -0.4 is 20.7 Å². The minimum absolute atomic E-state index is 0.00996. The first-order valence-corrected chi connectivity index (χ1v) is 13.3. The summed E-state index contributed by atoms with van der Waals surface area (Å²) >= 11 is 0. The molecule has 4 aromatic rings. The summed E-state index contributed by atoms with van der Waals surface area (Å²) in [6.07, 6.45) is 0.661. The number of benzene rings is 4. The molecule has 0 saturated carbocycles. The Hall–Kier alpha value is -3.49. The number of nitrogens with zero attached hydrogens (tertiary/aromatic N) is 1. The summed E-state index contributed by atoms with van der Waals surface area (Å²) in [6, 6.07) is 37.0. The molecular formula is C27H26NO3P. The molecule has 0 unspecified atom stereocenters. The van der Waals surface area contributed by atoms with E-state index in [0.717, 1.165) is 5.56 Å². The number of hydrogen-bond acceptors (Lipinski definition) is 3. The van der Waals surface area contributed by atoms with Gasteiger partial charge in [-0.15, -0.1) is 0 Å². The quantitative estimate of drug-likeness (QED) is 0.222. The van der Waals surface area contributed by atoms with E-state index in [2.05, 4.69) is 79.5 Å². The van der Waals surface area contributed by atoms with E-state index in [4.69, 9.17) is 4.74 Å². The normalized spacial score (nSPS) is 12.5. The summed E-state index contributed by atoms with van der Waals surface area (Å²) in [5.74, 6) is 0.273. The number of nitro groups is 1. The van der Waals surface area contributed by atoms with Gasteiger partial charge in [-0.05, 0) is 0 Å². The fourth-order valence-corrected chi connectivity index (χ4v) is 10.1. The van der Waals surface area contributed by atoms with E-state index in [0.29, 0.717) is 6.16 Å². The van der Waals surface area contributed by atoms with E-state index < -0.39 is 6.60 Å². The standard InChI is InChI=1S/C27H26NO3P/c1-31-27-19-18-22(20-26(27)28(29)30)21-32(2,23-12-6-3-7-13-23,24-14-8-4-9-15-24)25-16-10-5-11-17-25/h3-20H,21H2,1-2H3. The van der Waals surface area contributed by atoms with Crippen LogP contribution in [-0.2, 0) is 6.16 Å². The van der Waals surface area contributed by atoms with Gasteiger partial charge >= 0.3 is 188 Å². The van der Waals surface area contributed by atoms with Crippen LogP contribution in [0.2, 0.25) is 0 Å². The van der Waals surface area contributed by atoms with E-state index in [1.807, 2.05) is 24.3 Å². The molecular weight excluding hydrogens is 417 g/mol. The van der Waals surface area contributed by atoms with Gasteiger partial charge < -0.3 is 0 Å². The van der Waals surface area contributed by atoms with Gasteiger partial charge in [0, 0.05) is 0 Å². The van der Waals surface area contributed by atoms with Gasteiger partial charge in [-0.3, -0.25) is 0 Å². The first-order valence-electron chi connectivity index (χ1n) is 10.5. The van der Waals surface area contributed by atoms with Crippen LogP contribution in [0.15, 0.2) is 109 Å². The van der Waals surface area contributed by atoms with Crippen molar-refractivity contribution in [1.29, 1.82) is 0 Å². The van der Waals surface area contributed by atoms with Crippen LogP contribution in [0, 0.1) is 10.1 Å². The van der Waals surface area contributed by atoms with E-state index in [-0.39, 0.29) is 16.4 Å². The molecule has 4 rings (SSSR count). The van der Waals surface area contributed by atoms with Gasteiger partial charge in [-0.1, -0.05) is 0 Å². The van der Waals surface area contributed by atoms with Crippen molar-refractivity contribution < 1.29 is 9.66 Å². The molecule has 0 spiro atoms. The van der Waals surface area contributed by atoms with Crippen molar-refractivity contribution in [3.8, 4) is 5.75 Å². The zero-order valence-electron chi connectivity index (χ0n) is 18.2. The first-order chi connectivity index (χ1) is 15.5. The Labute approximate surface area is 188 Å². The van der Waals surface area contributed by atoms with Crippen LogP contribution in [-0.4, -0.2) is 18.7 Å². The van der Waals surface area contributed by atoms with Crippen molar-refractivity contribution in [2.45, 2.75) is 6.16 Å². The molecule has 0 aliphatic carbocycles. The third kappa shape index (κ3) is 3.57. The Bertz CT molecular complexity index is 1130. The Morgan fingerprint density at radius 3 is 1.56 bits per heavy atom. The molecule has 0 heterocycles. The predicted octanol–water partition coefficient (Wildman–Crippen LogP) is 5.26. The molecule has 0 saturated heterocycles. The fraction of sp³-hybridized carbons (Fsp3) is 0.111. The van der Waals surface area contributed by atoms with Crippen LogP contribution in [0.5, 0.6) is 5.75 Å². The summed E-state index contributed by atoms with van der Waals surface area (Å²) in [5, 5.41) is 15.5. The second-order valence-electron chi connectivity index (χ2n) is 8.22. The number of methoxy groups -OCH3 is 1. The van der Waals surface area contributed by atoms with Crippen molar-refractivity contribution in [2.75, 3.05) is 13.8 Å². The molecule has 0 aliphatic heterocycles.